The second-order valence-corrected chi connectivity index (χ2v) is 3.60. The van der Waals surface area contributed by atoms with E-state index in [0.717, 1.165) is 12.8 Å². The van der Waals surface area contributed by atoms with E-state index in [1.807, 2.05) is 0 Å². The summed E-state index contributed by atoms with van der Waals surface area (Å²) in [4.78, 5) is 0. The molecule has 0 aromatic carbocycles. The third-order valence-corrected chi connectivity index (χ3v) is 2.16. The maximum atomic E-state index is 9.11. The quantitative estimate of drug-likeness (QED) is 0.541. The van der Waals surface area contributed by atoms with Crippen LogP contribution in [0.2, 0.25) is 0 Å². The number of alkyl halides is 1. The fourth-order valence-corrected chi connectivity index (χ4v) is 1.48. The molecule has 1 rings (SSSR count). The zero-order valence-corrected chi connectivity index (χ0v) is 5.74. The molecule has 1 aliphatic carbocycles. The van der Waals surface area contributed by atoms with Crippen LogP contribution in [0.3, 0.4) is 0 Å². The van der Waals surface area contributed by atoms with Crippen molar-refractivity contribution in [2.45, 2.75) is 30.2 Å². The van der Waals surface area contributed by atoms with Crippen molar-refractivity contribution in [1.82, 2.24) is 0 Å². The lowest BCUT2D eigenvalue weighted by atomic mass is 10.3. The average molecular weight is 165 g/mol. The van der Waals surface area contributed by atoms with E-state index in [4.69, 9.17) is 5.11 Å². The average Bonchev–Trinajstić information content (AvgIpc) is 1.84. The van der Waals surface area contributed by atoms with Gasteiger partial charge in [-0.3, -0.25) is 0 Å². The van der Waals surface area contributed by atoms with E-state index in [2.05, 4.69) is 15.9 Å². The number of hydrogen-bond donors (Lipinski definition) is 1. The first kappa shape index (κ1) is 5.57. The van der Waals surface area contributed by atoms with Gasteiger partial charge in [-0.2, -0.15) is 0 Å². The summed E-state index contributed by atoms with van der Waals surface area (Å²) in [6, 6.07) is 0. The van der Waals surface area contributed by atoms with Gasteiger partial charge in [-0.15, -0.1) is 0 Å². The number of aliphatic hydroxyl groups is 1. The standard InChI is InChI=1S/C5H9BrO/c6-5(7)3-1-2-4-5/h7H,1-4H2. The zero-order valence-electron chi connectivity index (χ0n) is 4.15. The van der Waals surface area contributed by atoms with Crippen LogP contribution in [0.5, 0.6) is 0 Å². The topological polar surface area (TPSA) is 20.2 Å². The van der Waals surface area contributed by atoms with Crippen molar-refractivity contribution in [2.75, 3.05) is 0 Å². The van der Waals surface area contributed by atoms with E-state index in [1.54, 1.807) is 0 Å². The third-order valence-electron chi connectivity index (χ3n) is 1.37. The fourth-order valence-electron chi connectivity index (χ4n) is 0.917. The molecule has 7 heavy (non-hydrogen) atoms. The van der Waals surface area contributed by atoms with E-state index in [9.17, 15) is 0 Å². The molecule has 0 bridgehead atoms. The van der Waals surface area contributed by atoms with E-state index >= 15 is 0 Å². The molecule has 2 heteroatoms. The Bertz CT molecular complexity index is 62.5. The molecular formula is C5H9BrO. The lowest BCUT2D eigenvalue weighted by Crippen LogP contribution is -2.11. The Hall–Kier alpha value is 0.440. The minimum atomic E-state index is -0.493. The normalized spacial score (nSPS) is 28.3. The van der Waals surface area contributed by atoms with Crippen LogP contribution in [0.15, 0.2) is 0 Å². The van der Waals surface area contributed by atoms with Crippen LogP contribution in [-0.2, 0) is 0 Å². The highest BCUT2D eigenvalue weighted by Gasteiger charge is 2.26. The van der Waals surface area contributed by atoms with Gasteiger partial charge in [-0.05, 0) is 25.7 Å². The first-order valence-electron chi connectivity index (χ1n) is 2.62. The Morgan fingerprint density at radius 1 is 1.29 bits per heavy atom. The molecule has 0 radical (unpaired) electrons. The summed E-state index contributed by atoms with van der Waals surface area (Å²) in [5.41, 5.74) is 0. The molecule has 0 aromatic heterocycles. The van der Waals surface area contributed by atoms with Crippen molar-refractivity contribution in [3.8, 4) is 0 Å². The molecule has 0 atom stereocenters. The SMILES string of the molecule is OC1(Br)CCCC1. The molecule has 42 valence electrons. The van der Waals surface area contributed by atoms with E-state index in [1.165, 1.54) is 12.8 Å². The fraction of sp³-hybridized carbons (Fsp3) is 1.00. The minimum absolute atomic E-state index is 0.493. The molecule has 1 aliphatic rings. The molecule has 1 N–H and O–H groups in total. The Morgan fingerprint density at radius 3 is 1.86 bits per heavy atom. The minimum Gasteiger partial charge on any atom is -0.379 e. The van der Waals surface area contributed by atoms with Gasteiger partial charge in [0, 0.05) is 0 Å². The van der Waals surface area contributed by atoms with Gasteiger partial charge in [0.25, 0.3) is 0 Å². The third kappa shape index (κ3) is 1.42. The van der Waals surface area contributed by atoms with E-state index in [-0.39, 0.29) is 0 Å². The Labute approximate surface area is 51.9 Å². The van der Waals surface area contributed by atoms with Crippen molar-refractivity contribution in [2.24, 2.45) is 0 Å². The Morgan fingerprint density at radius 2 is 1.71 bits per heavy atom. The van der Waals surface area contributed by atoms with Crippen LogP contribution in [-0.4, -0.2) is 9.62 Å². The summed E-state index contributed by atoms with van der Waals surface area (Å²) in [7, 11) is 0. The molecule has 1 fully saturated rings. The number of rotatable bonds is 0. The highest BCUT2D eigenvalue weighted by atomic mass is 79.9. The second kappa shape index (κ2) is 1.75. The van der Waals surface area contributed by atoms with Gasteiger partial charge in [0.05, 0.1) is 0 Å². The monoisotopic (exact) mass is 164 g/mol. The molecule has 0 aliphatic heterocycles. The first-order chi connectivity index (χ1) is 3.21. The van der Waals surface area contributed by atoms with E-state index in [0.29, 0.717) is 0 Å². The summed E-state index contributed by atoms with van der Waals surface area (Å²) in [6.45, 7) is 0. The Balaban J connectivity index is 2.40. The summed E-state index contributed by atoms with van der Waals surface area (Å²) in [5, 5.41) is 9.11. The second-order valence-electron chi connectivity index (χ2n) is 2.13. The van der Waals surface area contributed by atoms with Crippen LogP contribution in [0, 0.1) is 0 Å². The lowest BCUT2D eigenvalue weighted by molar-refractivity contribution is 0.153. The maximum absolute atomic E-state index is 9.11. The summed E-state index contributed by atoms with van der Waals surface area (Å²) in [5.74, 6) is 0. The van der Waals surface area contributed by atoms with Gasteiger partial charge in [-0.25, -0.2) is 0 Å². The van der Waals surface area contributed by atoms with Gasteiger partial charge in [-0.1, -0.05) is 15.9 Å². The molecule has 0 amide bonds. The molecule has 0 heterocycles. The van der Waals surface area contributed by atoms with Crippen LogP contribution in [0.4, 0.5) is 0 Å². The van der Waals surface area contributed by atoms with Gasteiger partial charge in [0.1, 0.15) is 4.51 Å². The lowest BCUT2D eigenvalue weighted by Gasteiger charge is -2.09. The van der Waals surface area contributed by atoms with Crippen LogP contribution < -0.4 is 0 Å². The number of halogens is 1. The highest BCUT2D eigenvalue weighted by molar-refractivity contribution is 9.10. The predicted octanol–water partition coefficient (Wildman–Crippen LogP) is 1.64. The van der Waals surface area contributed by atoms with Crippen molar-refractivity contribution >= 4 is 15.9 Å². The molecule has 0 saturated heterocycles. The molecule has 0 aromatic rings. The van der Waals surface area contributed by atoms with Crippen molar-refractivity contribution < 1.29 is 5.11 Å². The highest BCUT2D eigenvalue weighted by Crippen LogP contribution is 2.34. The number of hydrogen-bond acceptors (Lipinski definition) is 1. The summed E-state index contributed by atoms with van der Waals surface area (Å²) < 4.78 is -0.493. The van der Waals surface area contributed by atoms with Crippen LogP contribution >= 0.6 is 15.9 Å². The molecule has 1 saturated carbocycles. The smallest absolute Gasteiger partial charge is 0.119 e. The molecular weight excluding hydrogens is 156 g/mol. The molecule has 1 nitrogen and oxygen atoms in total. The molecule has 0 unspecified atom stereocenters. The first-order valence-corrected chi connectivity index (χ1v) is 3.41. The Kier molecular flexibility index (Phi) is 1.39. The molecule has 0 spiro atoms. The maximum Gasteiger partial charge on any atom is 0.119 e. The largest absolute Gasteiger partial charge is 0.379 e. The summed E-state index contributed by atoms with van der Waals surface area (Å²) in [6.07, 6.45) is 4.18. The van der Waals surface area contributed by atoms with Gasteiger partial charge >= 0.3 is 0 Å². The van der Waals surface area contributed by atoms with Gasteiger partial charge in [0.2, 0.25) is 0 Å². The van der Waals surface area contributed by atoms with Gasteiger partial charge in [0.15, 0.2) is 0 Å². The zero-order chi connectivity index (χ0) is 5.33. The van der Waals surface area contributed by atoms with Crippen molar-refractivity contribution in [3.05, 3.63) is 0 Å². The predicted molar refractivity (Wildman–Crippen MR) is 32.3 cm³/mol. The van der Waals surface area contributed by atoms with E-state index < -0.39 is 4.51 Å². The van der Waals surface area contributed by atoms with Crippen LogP contribution in [0.1, 0.15) is 25.7 Å². The van der Waals surface area contributed by atoms with Crippen molar-refractivity contribution in [3.63, 3.8) is 0 Å². The van der Waals surface area contributed by atoms with Crippen molar-refractivity contribution in [1.29, 1.82) is 0 Å². The van der Waals surface area contributed by atoms with Crippen LogP contribution in [0.25, 0.3) is 0 Å². The van der Waals surface area contributed by atoms with Gasteiger partial charge < -0.3 is 5.11 Å². The summed E-state index contributed by atoms with van der Waals surface area (Å²) >= 11 is 3.20.